The van der Waals surface area contributed by atoms with Crippen LogP contribution < -0.4 is 5.32 Å². The van der Waals surface area contributed by atoms with Crippen LogP contribution in [0.4, 0.5) is 5.13 Å². The zero-order valence-electron chi connectivity index (χ0n) is 16.1. The number of hydrogen-bond donors (Lipinski definition) is 1. The van der Waals surface area contributed by atoms with Gasteiger partial charge in [0.1, 0.15) is 0 Å². The summed E-state index contributed by atoms with van der Waals surface area (Å²) in [6, 6.07) is 13.0. The number of hydrogen-bond acceptors (Lipinski definition) is 6. The van der Waals surface area contributed by atoms with Crippen LogP contribution in [0.15, 0.2) is 58.9 Å². The Morgan fingerprint density at radius 2 is 1.83 bits per heavy atom. The lowest BCUT2D eigenvalue weighted by molar-refractivity contribution is 0.346. The minimum atomic E-state index is -3.40. The molecule has 6 nitrogen and oxygen atoms in total. The molecule has 29 heavy (non-hydrogen) atoms. The molecule has 3 heterocycles. The zero-order valence-corrected chi connectivity index (χ0v) is 17.8. The van der Waals surface area contributed by atoms with Crippen LogP contribution in [0.2, 0.25) is 0 Å². The number of sulfonamides is 1. The zero-order chi connectivity index (χ0) is 20.1. The number of nitrogens with one attached hydrogen (secondary N) is 1. The molecule has 1 saturated heterocycles. The van der Waals surface area contributed by atoms with Crippen molar-refractivity contribution in [3.63, 3.8) is 0 Å². The van der Waals surface area contributed by atoms with Crippen molar-refractivity contribution in [1.82, 2.24) is 14.3 Å². The van der Waals surface area contributed by atoms with Gasteiger partial charge < -0.3 is 5.32 Å². The van der Waals surface area contributed by atoms with Crippen molar-refractivity contribution < 1.29 is 8.42 Å². The van der Waals surface area contributed by atoms with E-state index in [1.54, 1.807) is 34.0 Å². The van der Waals surface area contributed by atoms with Crippen molar-refractivity contribution in [2.45, 2.75) is 30.6 Å². The number of anilines is 1. The summed E-state index contributed by atoms with van der Waals surface area (Å²) in [7, 11) is -3.40. The van der Waals surface area contributed by atoms with Gasteiger partial charge in [0.05, 0.1) is 10.6 Å². The maximum Gasteiger partial charge on any atom is 0.243 e. The normalized spacial score (nSPS) is 15.3. The number of nitrogens with zero attached hydrogens (tertiary/aromatic N) is 3. The molecule has 0 spiro atoms. The Hall–Kier alpha value is -2.29. The topological polar surface area (TPSA) is 75.2 Å². The smallest absolute Gasteiger partial charge is 0.243 e. The van der Waals surface area contributed by atoms with Crippen LogP contribution >= 0.6 is 11.3 Å². The lowest BCUT2D eigenvalue weighted by Gasteiger charge is -2.25. The third-order valence-corrected chi connectivity index (χ3v) is 7.70. The van der Waals surface area contributed by atoms with E-state index in [0.29, 0.717) is 18.0 Å². The van der Waals surface area contributed by atoms with Crippen molar-refractivity contribution in [3.8, 4) is 11.3 Å². The number of thiazole rings is 1. The third-order valence-electron chi connectivity index (χ3n) is 4.99. The van der Waals surface area contributed by atoms with E-state index in [4.69, 9.17) is 0 Å². The van der Waals surface area contributed by atoms with Crippen molar-refractivity contribution >= 4 is 26.5 Å². The largest absolute Gasteiger partial charge is 0.361 e. The molecule has 2 aromatic heterocycles. The highest BCUT2D eigenvalue weighted by Crippen LogP contribution is 2.27. The number of rotatable bonds is 7. The van der Waals surface area contributed by atoms with E-state index in [-0.39, 0.29) is 0 Å². The first-order valence-electron chi connectivity index (χ1n) is 9.83. The number of benzene rings is 1. The van der Waals surface area contributed by atoms with E-state index in [2.05, 4.69) is 15.3 Å². The molecule has 1 aliphatic rings. The Labute approximate surface area is 175 Å². The van der Waals surface area contributed by atoms with Gasteiger partial charge in [0, 0.05) is 48.9 Å². The van der Waals surface area contributed by atoms with E-state index in [1.165, 1.54) is 0 Å². The molecule has 0 unspecified atom stereocenters. The van der Waals surface area contributed by atoms with Crippen LogP contribution in [0.25, 0.3) is 11.3 Å². The Kier molecular flexibility index (Phi) is 6.22. The van der Waals surface area contributed by atoms with Crippen molar-refractivity contribution in [3.05, 3.63) is 59.7 Å². The van der Waals surface area contributed by atoms with Crippen LogP contribution in [0.3, 0.4) is 0 Å². The fourth-order valence-corrected chi connectivity index (χ4v) is 5.65. The SMILES string of the molecule is O=S(=O)(c1ccc(-c2csc(NCCc3ccccn3)n2)cc1)N1CCCCC1. The molecule has 0 amide bonds. The fourth-order valence-electron chi connectivity index (χ4n) is 3.38. The van der Waals surface area contributed by atoms with Gasteiger partial charge in [-0.1, -0.05) is 24.6 Å². The van der Waals surface area contributed by atoms with Crippen LogP contribution in [0, 0.1) is 0 Å². The van der Waals surface area contributed by atoms with Gasteiger partial charge in [0.15, 0.2) is 5.13 Å². The molecule has 1 aliphatic heterocycles. The first-order chi connectivity index (χ1) is 14.1. The monoisotopic (exact) mass is 428 g/mol. The molecular formula is C21H24N4O2S2. The highest BCUT2D eigenvalue weighted by molar-refractivity contribution is 7.89. The summed E-state index contributed by atoms with van der Waals surface area (Å²) >= 11 is 1.54. The molecule has 152 valence electrons. The van der Waals surface area contributed by atoms with E-state index in [1.807, 2.05) is 35.7 Å². The Bertz CT molecular complexity index is 1030. The maximum atomic E-state index is 12.8. The average molecular weight is 429 g/mol. The van der Waals surface area contributed by atoms with E-state index < -0.39 is 10.0 Å². The molecule has 1 fully saturated rings. The van der Waals surface area contributed by atoms with Crippen LogP contribution in [0.5, 0.6) is 0 Å². The summed E-state index contributed by atoms with van der Waals surface area (Å²) in [5, 5.41) is 6.16. The fraction of sp³-hybridized carbons (Fsp3) is 0.333. The van der Waals surface area contributed by atoms with Gasteiger partial charge in [0.25, 0.3) is 0 Å². The summed E-state index contributed by atoms with van der Waals surface area (Å²) in [5.74, 6) is 0. The van der Waals surface area contributed by atoms with Crippen molar-refractivity contribution in [2.75, 3.05) is 25.0 Å². The standard InChI is InChI=1S/C21H24N4O2S2/c26-29(27,25-14-4-1-5-15-25)19-9-7-17(8-10-19)20-16-28-21(24-20)23-13-11-18-6-2-3-12-22-18/h2-3,6-10,12,16H,1,4-5,11,13-15H2,(H,23,24). The van der Waals surface area contributed by atoms with Gasteiger partial charge in [-0.2, -0.15) is 4.31 Å². The second-order valence-electron chi connectivity index (χ2n) is 7.02. The molecule has 8 heteroatoms. The predicted molar refractivity (Wildman–Crippen MR) is 117 cm³/mol. The van der Waals surface area contributed by atoms with E-state index in [9.17, 15) is 8.42 Å². The number of piperidine rings is 1. The highest BCUT2D eigenvalue weighted by Gasteiger charge is 2.25. The van der Waals surface area contributed by atoms with E-state index >= 15 is 0 Å². The van der Waals surface area contributed by atoms with Crippen LogP contribution in [-0.4, -0.2) is 42.3 Å². The van der Waals surface area contributed by atoms with Crippen molar-refractivity contribution in [1.29, 1.82) is 0 Å². The van der Waals surface area contributed by atoms with Crippen LogP contribution in [-0.2, 0) is 16.4 Å². The molecule has 1 N–H and O–H groups in total. The van der Waals surface area contributed by atoms with Gasteiger partial charge in [-0.15, -0.1) is 11.3 Å². The molecule has 4 rings (SSSR count). The van der Waals surface area contributed by atoms with Gasteiger partial charge in [-0.25, -0.2) is 13.4 Å². The number of aromatic nitrogens is 2. The molecule has 0 radical (unpaired) electrons. The molecule has 0 saturated carbocycles. The summed E-state index contributed by atoms with van der Waals surface area (Å²) in [5.41, 5.74) is 2.80. The minimum absolute atomic E-state index is 0.354. The summed E-state index contributed by atoms with van der Waals surface area (Å²) < 4.78 is 27.1. The minimum Gasteiger partial charge on any atom is -0.361 e. The summed E-state index contributed by atoms with van der Waals surface area (Å²) in [4.78, 5) is 9.29. The summed E-state index contributed by atoms with van der Waals surface area (Å²) in [6.07, 6.45) is 5.61. The molecule has 0 aliphatic carbocycles. The Balaban J connectivity index is 1.39. The quantitative estimate of drug-likeness (QED) is 0.615. The molecule has 3 aromatic rings. The summed E-state index contributed by atoms with van der Waals surface area (Å²) in [6.45, 7) is 1.99. The second-order valence-corrected chi connectivity index (χ2v) is 9.82. The molecule has 0 bridgehead atoms. The van der Waals surface area contributed by atoms with Crippen molar-refractivity contribution in [2.24, 2.45) is 0 Å². The van der Waals surface area contributed by atoms with Gasteiger partial charge in [-0.05, 0) is 37.1 Å². The van der Waals surface area contributed by atoms with Gasteiger partial charge in [-0.3, -0.25) is 4.98 Å². The van der Waals surface area contributed by atoms with Crippen LogP contribution in [0.1, 0.15) is 25.0 Å². The maximum absolute atomic E-state index is 12.8. The van der Waals surface area contributed by atoms with Gasteiger partial charge in [0.2, 0.25) is 10.0 Å². The number of pyridine rings is 1. The lowest BCUT2D eigenvalue weighted by Crippen LogP contribution is -2.35. The Morgan fingerprint density at radius 3 is 2.55 bits per heavy atom. The molecular weight excluding hydrogens is 404 g/mol. The first-order valence-corrected chi connectivity index (χ1v) is 12.1. The Morgan fingerprint density at radius 1 is 1.03 bits per heavy atom. The second kappa shape index (κ2) is 9.02. The first kappa shape index (κ1) is 20.0. The van der Waals surface area contributed by atoms with Gasteiger partial charge >= 0.3 is 0 Å². The third kappa shape index (κ3) is 4.83. The lowest BCUT2D eigenvalue weighted by atomic mass is 10.2. The highest BCUT2D eigenvalue weighted by atomic mass is 32.2. The molecule has 1 aromatic carbocycles. The van der Waals surface area contributed by atoms with E-state index in [0.717, 1.165) is 54.3 Å². The molecule has 0 atom stereocenters. The average Bonchev–Trinajstić information content (AvgIpc) is 3.24. The predicted octanol–water partition coefficient (Wildman–Crippen LogP) is 4.03.